The van der Waals surface area contributed by atoms with Crippen LogP contribution in [0.2, 0.25) is 0 Å². The summed E-state index contributed by atoms with van der Waals surface area (Å²) in [7, 11) is 0.966. The lowest BCUT2D eigenvalue weighted by molar-refractivity contribution is -0.142. The Hall–Kier alpha value is -2.06. The standard InChI is InChI=1S/C8H7F3N2O4/c1-17-7(16)5-2-4(6(14)15)12-13(5)3-8(9,10)11/h2H,3H2,1H3,(H,14,15). The van der Waals surface area contributed by atoms with E-state index in [1.54, 1.807) is 0 Å². The van der Waals surface area contributed by atoms with Crippen LogP contribution >= 0.6 is 0 Å². The molecule has 1 aromatic heterocycles. The summed E-state index contributed by atoms with van der Waals surface area (Å²) in [5.74, 6) is -2.62. The van der Waals surface area contributed by atoms with E-state index in [0.29, 0.717) is 0 Å². The molecule has 0 bridgehead atoms. The summed E-state index contributed by atoms with van der Waals surface area (Å²) in [5.41, 5.74) is -1.23. The Balaban J connectivity index is 3.17. The number of carboxylic acids is 1. The first-order valence-corrected chi connectivity index (χ1v) is 4.21. The molecule has 94 valence electrons. The minimum Gasteiger partial charge on any atom is -0.476 e. The van der Waals surface area contributed by atoms with Crippen LogP contribution in [-0.2, 0) is 11.3 Å². The van der Waals surface area contributed by atoms with Crippen LogP contribution in [0.1, 0.15) is 21.0 Å². The number of hydrogen-bond acceptors (Lipinski definition) is 4. The van der Waals surface area contributed by atoms with Crippen molar-refractivity contribution in [2.24, 2.45) is 0 Å². The predicted octanol–water partition coefficient (Wildman–Crippen LogP) is 0.930. The number of rotatable bonds is 3. The van der Waals surface area contributed by atoms with Gasteiger partial charge < -0.3 is 9.84 Å². The third-order valence-corrected chi connectivity index (χ3v) is 1.72. The Morgan fingerprint density at radius 2 is 2.12 bits per heavy atom. The van der Waals surface area contributed by atoms with Gasteiger partial charge in [-0.1, -0.05) is 0 Å². The van der Waals surface area contributed by atoms with E-state index < -0.39 is 36.0 Å². The van der Waals surface area contributed by atoms with Gasteiger partial charge in [-0.15, -0.1) is 0 Å². The quantitative estimate of drug-likeness (QED) is 0.809. The summed E-state index contributed by atoms with van der Waals surface area (Å²) in [6.07, 6.45) is -4.62. The number of alkyl halides is 3. The molecule has 0 aliphatic carbocycles. The minimum absolute atomic E-state index is 0.245. The first-order valence-electron chi connectivity index (χ1n) is 4.21. The van der Waals surface area contributed by atoms with E-state index in [-0.39, 0.29) is 4.68 Å². The summed E-state index contributed by atoms with van der Waals surface area (Å²) in [6.45, 7) is -1.56. The van der Waals surface area contributed by atoms with Crippen LogP contribution in [0.25, 0.3) is 0 Å². The van der Waals surface area contributed by atoms with E-state index in [9.17, 15) is 22.8 Å². The zero-order valence-corrected chi connectivity index (χ0v) is 8.48. The number of ether oxygens (including phenoxy) is 1. The van der Waals surface area contributed by atoms with Crippen molar-refractivity contribution in [1.29, 1.82) is 0 Å². The van der Waals surface area contributed by atoms with Crippen molar-refractivity contribution in [2.45, 2.75) is 12.7 Å². The van der Waals surface area contributed by atoms with Gasteiger partial charge in [0.1, 0.15) is 12.2 Å². The number of nitrogens with zero attached hydrogens (tertiary/aromatic N) is 2. The fraction of sp³-hybridized carbons (Fsp3) is 0.375. The van der Waals surface area contributed by atoms with E-state index in [2.05, 4.69) is 9.84 Å². The molecule has 17 heavy (non-hydrogen) atoms. The number of hydrogen-bond donors (Lipinski definition) is 1. The maximum Gasteiger partial charge on any atom is 0.408 e. The van der Waals surface area contributed by atoms with E-state index in [1.807, 2.05) is 0 Å². The van der Waals surface area contributed by atoms with Gasteiger partial charge in [0.15, 0.2) is 5.69 Å². The van der Waals surface area contributed by atoms with Crippen molar-refractivity contribution in [1.82, 2.24) is 9.78 Å². The normalized spacial score (nSPS) is 11.3. The molecule has 1 heterocycles. The van der Waals surface area contributed by atoms with Crippen LogP contribution in [-0.4, -0.2) is 40.1 Å². The molecule has 6 nitrogen and oxygen atoms in total. The summed E-state index contributed by atoms with van der Waals surface area (Å²) in [4.78, 5) is 21.6. The average molecular weight is 252 g/mol. The molecule has 0 saturated heterocycles. The highest BCUT2D eigenvalue weighted by atomic mass is 19.4. The Morgan fingerprint density at radius 3 is 2.53 bits per heavy atom. The van der Waals surface area contributed by atoms with Gasteiger partial charge in [0.05, 0.1) is 7.11 Å². The Morgan fingerprint density at radius 1 is 1.53 bits per heavy atom. The van der Waals surface area contributed by atoms with Crippen LogP contribution in [0.3, 0.4) is 0 Å². The first-order chi connectivity index (χ1) is 7.74. The van der Waals surface area contributed by atoms with E-state index >= 15 is 0 Å². The smallest absolute Gasteiger partial charge is 0.408 e. The average Bonchev–Trinajstić information content (AvgIpc) is 2.58. The molecule has 0 aliphatic heterocycles. The second kappa shape index (κ2) is 4.44. The summed E-state index contributed by atoms with van der Waals surface area (Å²) in [6, 6.07) is 0.722. The van der Waals surface area contributed by atoms with Crippen LogP contribution in [0.5, 0.6) is 0 Å². The van der Waals surface area contributed by atoms with Gasteiger partial charge in [0.25, 0.3) is 0 Å². The highest BCUT2D eigenvalue weighted by Gasteiger charge is 2.32. The molecule has 1 aromatic rings. The zero-order chi connectivity index (χ0) is 13.2. The maximum absolute atomic E-state index is 12.1. The number of aromatic carboxylic acids is 1. The van der Waals surface area contributed by atoms with Crippen LogP contribution in [0, 0.1) is 0 Å². The third-order valence-electron chi connectivity index (χ3n) is 1.72. The van der Waals surface area contributed by atoms with E-state index in [0.717, 1.165) is 13.2 Å². The second-order valence-electron chi connectivity index (χ2n) is 2.98. The second-order valence-corrected chi connectivity index (χ2v) is 2.98. The highest BCUT2D eigenvalue weighted by Crippen LogP contribution is 2.19. The molecule has 0 aromatic carbocycles. The molecule has 1 rings (SSSR count). The molecule has 0 aliphatic rings. The number of aromatic nitrogens is 2. The zero-order valence-electron chi connectivity index (χ0n) is 8.48. The summed E-state index contributed by atoms with van der Waals surface area (Å²) >= 11 is 0. The largest absolute Gasteiger partial charge is 0.476 e. The maximum atomic E-state index is 12.1. The van der Waals surface area contributed by atoms with Gasteiger partial charge in [0.2, 0.25) is 0 Å². The van der Waals surface area contributed by atoms with Gasteiger partial charge in [0, 0.05) is 6.07 Å². The molecule has 0 saturated carbocycles. The van der Waals surface area contributed by atoms with E-state index in [4.69, 9.17) is 5.11 Å². The molecular formula is C8H7F3N2O4. The van der Waals surface area contributed by atoms with Gasteiger partial charge >= 0.3 is 18.1 Å². The molecule has 9 heteroatoms. The fourth-order valence-corrected chi connectivity index (χ4v) is 1.08. The topological polar surface area (TPSA) is 81.4 Å². The fourth-order valence-electron chi connectivity index (χ4n) is 1.08. The van der Waals surface area contributed by atoms with Crippen LogP contribution < -0.4 is 0 Å². The monoisotopic (exact) mass is 252 g/mol. The van der Waals surface area contributed by atoms with Crippen molar-refractivity contribution in [2.75, 3.05) is 7.11 Å². The molecule has 0 atom stereocenters. The SMILES string of the molecule is COC(=O)c1cc(C(=O)O)nn1CC(F)(F)F. The van der Waals surface area contributed by atoms with Crippen molar-refractivity contribution in [3.63, 3.8) is 0 Å². The molecule has 0 spiro atoms. The molecule has 0 fully saturated rings. The Kier molecular flexibility index (Phi) is 3.39. The van der Waals surface area contributed by atoms with Gasteiger partial charge in [-0.2, -0.15) is 18.3 Å². The van der Waals surface area contributed by atoms with Crippen molar-refractivity contribution in [3.05, 3.63) is 17.5 Å². The Labute approximate surface area is 92.6 Å². The van der Waals surface area contributed by atoms with Crippen LogP contribution in [0.4, 0.5) is 13.2 Å². The summed E-state index contributed by atoms with van der Waals surface area (Å²) in [5, 5.41) is 11.7. The molecule has 0 radical (unpaired) electrons. The van der Waals surface area contributed by atoms with Gasteiger partial charge in [-0.25, -0.2) is 14.3 Å². The molecule has 0 unspecified atom stereocenters. The number of carbonyl (C=O) groups is 2. The van der Waals surface area contributed by atoms with Crippen molar-refractivity contribution < 1.29 is 32.6 Å². The third kappa shape index (κ3) is 3.20. The summed E-state index contributed by atoms with van der Waals surface area (Å²) < 4.78 is 40.9. The molecule has 0 amide bonds. The lowest BCUT2D eigenvalue weighted by Gasteiger charge is -2.08. The number of esters is 1. The predicted molar refractivity (Wildman–Crippen MR) is 46.6 cm³/mol. The lowest BCUT2D eigenvalue weighted by atomic mass is 10.3. The number of carboxylic acid groups (broad SMARTS) is 1. The number of halogens is 3. The Bertz CT molecular complexity index is 452. The molecular weight excluding hydrogens is 245 g/mol. The first kappa shape index (κ1) is 13.0. The minimum atomic E-state index is -4.62. The van der Waals surface area contributed by atoms with Crippen molar-refractivity contribution >= 4 is 11.9 Å². The molecule has 1 N–H and O–H groups in total. The van der Waals surface area contributed by atoms with Gasteiger partial charge in [-0.05, 0) is 0 Å². The van der Waals surface area contributed by atoms with Gasteiger partial charge in [-0.3, -0.25) is 0 Å². The highest BCUT2D eigenvalue weighted by molar-refractivity contribution is 5.92. The number of carbonyl (C=O) groups excluding carboxylic acids is 1. The lowest BCUT2D eigenvalue weighted by Crippen LogP contribution is -2.22. The van der Waals surface area contributed by atoms with Crippen LogP contribution in [0.15, 0.2) is 6.07 Å². The van der Waals surface area contributed by atoms with E-state index in [1.165, 1.54) is 0 Å². The van der Waals surface area contributed by atoms with Crippen molar-refractivity contribution in [3.8, 4) is 0 Å². The number of methoxy groups -OCH3 is 1.